The normalized spacial score (nSPS) is 14.1. The van der Waals surface area contributed by atoms with Gasteiger partial charge in [0.2, 0.25) is 6.29 Å². The summed E-state index contributed by atoms with van der Waals surface area (Å²) in [5.41, 5.74) is 2.91. The molecule has 0 amide bonds. The molecule has 0 radical (unpaired) electrons. The quantitative estimate of drug-likeness (QED) is 0.230. The van der Waals surface area contributed by atoms with Crippen molar-refractivity contribution in [2.24, 2.45) is 0 Å². The van der Waals surface area contributed by atoms with Crippen LogP contribution in [0, 0.1) is 0 Å². The smallest absolute Gasteiger partial charge is 0.265 e. The number of phenols is 1. The zero-order valence-electron chi connectivity index (χ0n) is 19.1. The number of nitrogens with zero attached hydrogens (tertiary/aromatic N) is 4. The fourth-order valence-corrected chi connectivity index (χ4v) is 4.27. The standard InChI is InChI=1S/C22H30N4O6S/c1-26(16-22(31-2)32-3,12-6-14-33(28,29)30)13-11-17-9-10-21(27)20(15-17)25-23-18-7-4-5-8-19(18)24-25/h4-5,7-10,15,22H,6,11-14,16H2,1-3H3,(H-,27,28,29,30)/p+1. The predicted molar refractivity (Wildman–Crippen MR) is 124 cm³/mol. The van der Waals surface area contributed by atoms with E-state index in [4.69, 9.17) is 14.0 Å². The lowest BCUT2D eigenvalue weighted by Crippen LogP contribution is -2.51. The summed E-state index contributed by atoms with van der Waals surface area (Å²) in [6.07, 6.45) is 0.508. The van der Waals surface area contributed by atoms with Crippen LogP contribution < -0.4 is 0 Å². The second-order valence-electron chi connectivity index (χ2n) is 8.34. The van der Waals surface area contributed by atoms with Crippen LogP contribution in [0.2, 0.25) is 0 Å². The van der Waals surface area contributed by atoms with E-state index in [2.05, 4.69) is 10.2 Å². The molecule has 1 unspecified atom stereocenters. The molecule has 0 aliphatic heterocycles. The number of likely N-dealkylation sites (N-methyl/N-ethyl adjacent to an activating group) is 1. The second kappa shape index (κ2) is 10.6. The molecular formula is C22H31N4O6S+. The van der Waals surface area contributed by atoms with Crippen molar-refractivity contribution in [3.8, 4) is 11.4 Å². The molecular weight excluding hydrogens is 448 g/mol. The molecule has 10 nitrogen and oxygen atoms in total. The fourth-order valence-electron chi connectivity index (χ4n) is 3.78. The first kappa shape index (κ1) is 25.1. The van der Waals surface area contributed by atoms with Gasteiger partial charge in [0, 0.05) is 27.1 Å². The van der Waals surface area contributed by atoms with Gasteiger partial charge in [-0.1, -0.05) is 18.2 Å². The molecule has 0 aliphatic carbocycles. The van der Waals surface area contributed by atoms with Crippen molar-refractivity contribution in [2.45, 2.75) is 19.1 Å². The molecule has 0 fully saturated rings. The summed E-state index contributed by atoms with van der Waals surface area (Å²) in [6, 6.07) is 12.8. The van der Waals surface area contributed by atoms with E-state index in [1.54, 1.807) is 20.3 Å². The molecule has 33 heavy (non-hydrogen) atoms. The number of rotatable bonds is 12. The summed E-state index contributed by atoms with van der Waals surface area (Å²) >= 11 is 0. The Bertz CT molecular complexity index is 1150. The Kier molecular flexibility index (Phi) is 8.03. The Morgan fingerprint density at radius 3 is 2.27 bits per heavy atom. The van der Waals surface area contributed by atoms with E-state index in [9.17, 15) is 13.5 Å². The molecule has 0 bridgehead atoms. The van der Waals surface area contributed by atoms with Crippen molar-refractivity contribution in [1.82, 2.24) is 15.0 Å². The number of hydrogen-bond donors (Lipinski definition) is 2. The molecule has 1 atom stereocenters. The lowest BCUT2D eigenvalue weighted by Gasteiger charge is -2.36. The number of phenolic OH excluding ortho intramolecular Hbond substituents is 1. The van der Waals surface area contributed by atoms with Crippen molar-refractivity contribution < 1.29 is 32.0 Å². The van der Waals surface area contributed by atoms with Crippen molar-refractivity contribution in [1.29, 1.82) is 0 Å². The molecule has 2 aromatic carbocycles. The van der Waals surface area contributed by atoms with Crippen molar-refractivity contribution >= 4 is 21.2 Å². The van der Waals surface area contributed by atoms with Crippen molar-refractivity contribution in [2.75, 3.05) is 46.7 Å². The molecule has 1 heterocycles. The van der Waals surface area contributed by atoms with Gasteiger partial charge in [0.1, 0.15) is 29.0 Å². The first-order valence-electron chi connectivity index (χ1n) is 10.6. The van der Waals surface area contributed by atoms with Gasteiger partial charge >= 0.3 is 0 Å². The second-order valence-corrected chi connectivity index (χ2v) is 9.91. The molecule has 1 aromatic heterocycles. The Hall–Kier alpha value is -2.57. The number of ether oxygens (including phenoxy) is 2. The third-order valence-corrected chi connectivity index (χ3v) is 6.50. The summed E-state index contributed by atoms with van der Waals surface area (Å²) in [5, 5.41) is 19.3. The largest absolute Gasteiger partial charge is 0.506 e. The number of aromatic hydroxyl groups is 1. The highest BCUT2D eigenvalue weighted by molar-refractivity contribution is 7.85. The van der Waals surface area contributed by atoms with Crippen molar-refractivity contribution in [3.63, 3.8) is 0 Å². The average molecular weight is 480 g/mol. The summed E-state index contributed by atoms with van der Waals surface area (Å²) in [7, 11) is 1.09. The SMILES string of the molecule is COC(C[N+](C)(CCCS(=O)(=O)O)CCc1ccc(O)c(-n2nc3ccccc3n2)c1)OC. The Morgan fingerprint density at radius 1 is 1.06 bits per heavy atom. The number of hydrogen-bond acceptors (Lipinski definition) is 7. The van der Waals surface area contributed by atoms with Crippen LogP contribution in [0.25, 0.3) is 16.7 Å². The van der Waals surface area contributed by atoms with Crippen LogP contribution >= 0.6 is 0 Å². The molecule has 11 heteroatoms. The fraction of sp³-hybridized carbons (Fsp3) is 0.455. The number of fused-ring (bicyclic) bond motifs is 1. The highest BCUT2D eigenvalue weighted by atomic mass is 32.2. The van der Waals surface area contributed by atoms with Crippen LogP contribution in [-0.4, -0.2) is 90.5 Å². The molecule has 2 N–H and O–H groups in total. The van der Waals surface area contributed by atoms with Crippen LogP contribution in [0.4, 0.5) is 0 Å². The van der Waals surface area contributed by atoms with Gasteiger partial charge in [-0.25, -0.2) is 0 Å². The summed E-state index contributed by atoms with van der Waals surface area (Å²) < 4.78 is 42.6. The van der Waals surface area contributed by atoms with Gasteiger partial charge in [-0.15, -0.1) is 15.0 Å². The maximum Gasteiger partial charge on any atom is 0.265 e. The van der Waals surface area contributed by atoms with Crippen LogP contribution in [-0.2, 0) is 26.0 Å². The lowest BCUT2D eigenvalue weighted by atomic mass is 10.1. The zero-order valence-corrected chi connectivity index (χ0v) is 19.9. The maximum atomic E-state index is 11.2. The minimum Gasteiger partial charge on any atom is -0.506 e. The summed E-state index contributed by atoms with van der Waals surface area (Å²) in [4.78, 5) is 1.43. The van der Waals surface area contributed by atoms with E-state index in [1.165, 1.54) is 4.80 Å². The minimum atomic E-state index is -4.02. The van der Waals surface area contributed by atoms with Crippen LogP contribution in [0.5, 0.6) is 5.75 Å². The van der Waals surface area contributed by atoms with Gasteiger partial charge in [0.25, 0.3) is 10.1 Å². The zero-order chi connectivity index (χ0) is 24.1. The summed E-state index contributed by atoms with van der Waals surface area (Å²) in [5.74, 6) is -0.226. The monoisotopic (exact) mass is 479 g/mol. The number of benzene rings is 2. The Balaban J connectivity index is 1.78. The van der Waals surface area contributed by atoms with Gasteiger partial charge in [-0.05, 0) is 29.8 Å². The van der Waals surface area contributed by atoms with Crippen LogP contribution in [0.1, 0.15) is 12.0 Å². The van der Waals surface area contributed by atoms with E-state index >= 15 is 0 Å². The first-order valence-corrected chi connectivity index (χ1v) is 12.2. The molecule has 0 spiro atoms. The highest BCUT2D eigenvalue weighted by Crippen LogP contribution is 2.24. The van der Waals surface area contributed by atoms with E-state index < -0.39 is 16.4 Å². The van der Waals surface area contributed by atoms with Crippen molar-refractivity contribution in [3.05, 3.63) is 48.0 Å². The van der Waals surface area contributed by atoms with Gasteiger partial charge in [0.05, 0.1) is 25.9 Å². The molecule has 0 saturated heterocycles. The van der Waals surface area contributed by atoms with Gasteiger partial charge in [-0.3, -0.25) is 4.55 Å². The Labute approximate surface area is 193 Å². The topological polar surface area (TPSA) is 124 Å². The maximum absolute atomic E-state index is 11.2. The number of quaternary nitrogens is 1. The van der Waals surface area contributed by atoms with E-state index in [-0.39, 0.29) is 11.5 Å². The Morgan fingerprint density at radius 2 is 1.70 bits per heavy atom. The van der Waals surface area contributed by atoms with Crippen LogP contribution in [0.3, 0.4) is 0 Å². The first-order chi connectivity index (χ1) is 15.6. The minimum absolute atomic E-state index is 0.0725. The molecule has 3 aromatic rings. The van der Waals surface area contributed by atoms with E-state index in [0.717, 1.165) is 16.6 Å². The molecule has 0 saturated carbocycles. The lowest BCUT2D eigenvalue weighted by molar-refractivity contribution is -0.914. The highest BCUT2D eigenvalue weighted by Gasteiger charge is 2.27. The van der Waals surface area contributed by atoms with E-state index in [0.29, 0.717) is 42.6 Å². The predicted octanol–water partition coefficient (Wildman–Crippen LogP) is 2.01. The van der Waals surface area contributed by atoms with Crippen LogP contribution in [0.15, 0.2) is 42.5 Å². The number of methoxy groups -OCH3 is 2. The summed E-state index contributed by atoms with van der Waals surface area (Å²) in [6.45, 7) is 1.68. The number of aromatic nitrogens is 3. The van der Waals surface area contributed by atoms with E-state index in [1.807, 2.05) is 43.4 Å². The third-order valence-electron chi connectivity index (χ3n) is 5.70. The third kappa shape index (κ3) is 6.95. The average Bonchev–Trinajstić information content (AvgIpc) is 3.20. The molecule has 3 rings (SSSR count). The van der Waals surface area contributed by atoms with Gasteiger partial charge in [0.15, 0.2) is 0 Å². The molecule has 180 valence electrons. The van der Waals surface area contributed by atoms with Gasteiger partial charge < -0.3 is 19.1 Å². The van der Waals surface area contributed by atoms with Gasteiger partial charge in [-0.2, -0.15) is 8.42 Å². The molecule has 0 aliphatic rings.